The Morgan fingerprint density at radius 3 is 3.00 bits per heavy atom. The number of benzene rings is 1. The normalized spacial score (nSPS) is 16.1. The molecule has 0 atom stereocenters. The van der Waals surface area contributed by atoms with Crippen LogP contribution in [-0.4, -0.2) is 16.9 Å². The fraction of sp³-hybridized carbons (Fsp3) is 0.467. The number of aryl methyl sites for hydroxylation is 1. The number of amides is 1. The molecule has 0 spiro atoms. The largest absolute Gasteiger partial charge is 0.441 e. The molecule has 1 fully saturated rings. The fourth-order valence-electron chi connectivity index (χ4n) is 2.73. The number of fused-ring (bicyclic) bond motifs is 1. The SMILES string of the molecule is Cc1nc2ccc(CC(=O)NC3CCCC3)cc2o1. The van der Waals surface area contributed by atoms with Crippen molar-refractivity contribution >= 4 is 17.0 Å². The van der Waals surface area contributed by atoms with Crippen LogP contribution >= 0.6 is 0 Å². The monoisotopic (exact) mass is 258 g/mol. The molecule has 1 heterocycles. The van der Waals surface area contributed by atoms with Gasteiger partial charge in [0.05, 0.1) is 6.42 Å². The number of hydrogen-bond donors (Lipinski definition) is 1. The lowest BCUT2D eigenvalue weighted by molar-refractivity contribution is -0.121. The number of hydrogen-bond acceptors (Lipinski definition) is 3. The third kappa shape index (κ3) is 2.78. The van der Waals surface area contributed by atoms with Crippen LogP contribution in [-0.2, 0) is 11.2 Å². The third-order valence-electron chi connectivity index (χ3n) is 3.64. The Morgan fingerprint density at radius 2 is 2.21 bits per heavy atom. The first-order valence-corrected chi connectivity index (χ1v) is 6.86. The maximum absolute atomic E-state index is 12.0. The Morgan fingerprint density at radius 1 is 1.42 bits per heavy atom. The minimum Gasteiger partial charge on any atom is -0.441 e. The summed E-state index contributed by atoms with van der Waals surface area (Å²) in [5, 5.41) is 3.10. The molecule has 0 saturated heterocycles. The first-order chi connectivity index (χ1) is 9.20. The van der Waals surface area contributed by atoms with Gasteiger partial charge in [-0.2, -0.15) is 0 Å². The Labute approximate surface area is 112 Å². The van der Waals surface area contributed by atoms with Gasteiger partial charge in [-0.3, -0.25) is 4.79 Å². The van der Waals surface area contributed by atoms with Gasteiger partial charge in [-0.25, -0.2) is 4.98 Å². The zero-order valence-electron chi connectivity index (χ0n) is 11.1. The fourth-order valence-corrected chi connectivity index (χ4v) is 2.73. The second-order valence-electron chi connectivity index (χ2n) is 5.26. The Hall–Kier alpha value is -1.84. The molecule has 1 aromatic heterocycles. The quantitative estimate of drug-likeness (QED) is 0.921. The standard InChI is InChI=1S/C15H18N2O2/c1-10-16-13-7-6-11(8-14(13)19-10)9-15(18)17-12-4-2-3-5-12/h6-8,12H,2-5,9H2,1H3,(H,17,18). The van der Waals surface area contributed by atoms with Gasteiger partial charge in [-0.05, 0) is 30.5 Å². The van der Waals surface area contributed by atoms with E-state index in [4.69, 9.17) is 4.42 Å². The van der Waals surface area contributed by atoms with Crippen molar-refractivity contribution in [3.05, 3.63) is 29.7 Å². The van der Waals surface area contributed by atoms with E-state index < -0.39 is 0 Å². The van der Waals surface area contributed by atoms with Crippen LogP contribution < -0.4 is 5.32 Å². The van der Waals surface area contributed by atoms with Crippen LogP contribution in [0.25, 0.3) is 11.1 Å². The number of carbonyl (C=O) groups excluding carboxylic acids is 1. The molecule has 1 aliphatic carbocycles. The van der Waals surface area contributed by atoms with Gasteiger partial charge in [0.2, 0.25) is 5.91 Å². The summed E-state index contributed by atoms with van der Waals surface area (Å²) in [5.74, 6) is 0.755. The molecule has 2 aromatic rings. The minimum absolute atomic E-state index is 0.0995. The van der Waals surface area contributed by atoms with Crippen LogP contribution in [0.5, 0.6) is 0 Å². The molecule has 1 saturated carbocycles. The molecule has 4 heteroatoms. The molecule has 4 nitrogen and oxygen atoms in total. The topological polar surface area (TPSA) is 55.1 Å². The van der Waals surface area contributed by atoms with Gasteiger partial charge < -0.3 is 9.73 Å². The Kier molecular flexibility index (Phi) is 3.23. The van der Waals surface area contributed by atoms with Gasteiger partial charge in [-0.15, -0.1) is 0 Å². The van der Waals surface area contributed by atoms with Crippen LogP contribution in [0, 0.1) is 6.92 Å². The molecule has 1 aliphatic rings. The van der Waals surface area contributed by atoms with Crippen molar-refractivity contribution in [1.29, 1.82) is 0 Å². The van der Waals surface area contributed by atoms with Crippen LogP contribution in [0.15, 0.2) is 22.6 Å². The van der Waals surface area contributed by atoms with E-state index in [1.807, 2.05) is 25.1 Å². The molecule has 0 unspecified atom stereocenters. The van der Waals surface area contributed by atoms with Crippen molar-refractivity contribution in [3.63, 3.8) is 0 Å². The molecule has 1 amide bonds. The van der Waals surface area contributed by atoms with Gasteiger partial charge in [0, 0.05) is 13.0 Å². The summed E-state index contributed by atoms with van der Waals surface area (Å²) in [6.45, 7) is 1.83. The lowest BCUT2D eigenvalue weighted by Gasteiger charge is -2.11. The van der Waals surface area contributed by atoms with E-state index in [0.717, 1.165) is 29.5 Å². The maximum atomic E-state index is 12.0. The van der Waals surface area contributed by atoms with Crippen molar-refractivity contribution in [3.8, 4) is 0 Å². The highest BCUT2D eigenvalue weighted by Crippen LogP contribution is 2.19. The van der Waals surface area contributed by atoms with E-state index in [1.54, 1.807) is 0 Å². The highest BCUT2D eigenvalue weighted by molar-refractivity contribution is 5.81. The van der Waals surface area contributed by atoms with Crippen molar-refractivity contribution < 1.29 is 9.21 Å². The number of nitrogens with zero attached hydrogens (tertiary/aromatic N) is 1. The van der Waals surface area contributed by atoms with Gasteiger partial charge in [0.15, 0.2) is 11.5 Å². The predicted octanol–water partition coefficient (Wildman–Crippen LogP) is 2.74. The van der Waals surface area contributed by atoms with Crippen LogP contribution in [0.2, 0.25) is 0 Å². The number of rotatable bonds is 3. The summed E-state index contributed by atoms with van der Waals surface area (Å²) in [6.07, 6.45) is 5.10. The average Bonchev–Trinajstić information content (AvgIpc) is 2.96. The Balaban J connectivity index is 1.68. The molecule has 100 valence electrons. The molecular formula is C15H18N2O2. The van der Waals surface area contributed by atoms with Crippen molar-refractivity contribution in [2.75, 3.05) is 0 Å². The highest BCUT2D eigenvalue weighted by Gasteiger charge is 2.17. The zero-order chi connectivity index (χ0) is 13.2. The highest BCUT2D eigenvalue weighted by atomic mass is 16.3. The lowest BCUT2D eigenvalue weighted by Crippen LogP contribution is -2.33. The number of oxazole rings is 1. The molecule has 3 rings (SSSR count). The zero-order valence-corrected chi connectivity index (χ0v) is 11.1. The summed E-state index contributed by atoms with van der Waals surface area (Å²) in [6, 6.07) is 6.13. The van der Waals surface area contributed by atoms with Gasteiger partial charge in [0.25, 0.3) is 0 Å². The van der Waals surface area contributed by atoms with Crippen molar-refractivity contribution in [2.24, 2.45) is 0 Å². The van der Waals surface area contributed by atoms with Crippen molar-refractivity contribution in [2.45, 2.75) is 45.1 Å². The van der Waals surface area contributed by atoms with Crippen molar-refractivity contribution in [1.82, 2.24) is 10.3 Å². The molecule has 1 N–H and O–H groups in total. The lowest BCUT2D eigenvalue weighted by atomic mass is 10.1. The van der Waals surface area contributed by atoms with Gasteiger partial charge >= 0.3 is 0 Å². The number of aromatic nitrogens is 1. The smallest absolute Gasteiger partial charge is 0.224 e. The minimum atomic E-state index is 0.0995. The summed E-state index contributed by atoms with van der Waals surface area (Å²) < 4.78 is 5.48. The molecule has 0 aliphatic heterocycles. The van der Waals surface area contributed by atoms with Crippen LogP contribution in [0.4, 0.5) is 0 Å². The van der Waals surface area contributed by atoms with Crippen LogP contribution in [0.3, 0.4) is 0 Å². The average molecular weight is 258 g/mol. The van der Waals surface area contributed by atoms with E-state index in [1.165, 1.54) is 12.8 Å². The first-order valence-electron chi connectivity index (χ1n) is 6.86. The molecule has 0 bridgehead atoms. The van der Waals surface area contributed by atoms with E-state index in [-0.39, 0.29) is 5.91 Å². The molecule has 1 aromatic carbocycles. The first kappa shape index (κ1) is 12.2. The van der Waals surface area contributed by atoms with Gasteiger partial charge in [0.1, 0.15) is 5.52 Å². The van der Waals surface area contributed by atoms with E-state index in [0.29, 0.717) is 18.4 Å². The molecule has 0 radical (unpaired) electrons. The predicted molar refractivity (Wildman–Crippen MR) is 72.8 cm³/mol. The molecular weight excluding hydrogens is 240 g/mol. The second kappa shape index (κ2) is 5.03. The summed E-state index contributed by atoms with van der Waals surface area (Å²) in [4.78, 5) is 16.2. The summed E-state index contributed by atoms with van der Waals surface area (Å²) in [5.41, 5.74) is 2.57. The summed E-state index contributed by atoms with van der Waals surface area (Å²) in [7, 11) is 0. The summed E-state index contributed by atoms with van der Waals surface area (Å²) >= 11 is 0. The second-order valence-corrected chi connectivity index (χ2v) is 5.26. The maximum Gasteiger partial charge on any atom is 0.224 e. The van der Waals surface area contributed by atoms with E-state index in [2.05, 4.69) is 10.3 Å². The number of carbonyl (C=O) groups is 1. The van der Waals surface area contributed by atoms with Gasteiger partial charge in [-0.1, -0.05) is 18.9 Å². The van der Waals surface area contributed by atoms with E-state index >= 15 is 0 Å². The molecule has 19 heavy (non-hydrogen) atoms. The Bertz CT molecular complexity index is 597. The number of nitrogens with one attached hydrogen (secondary N) is 1. The van der Waals surface area contributed by atoms with E-state index in [9.17, 15) is 4.79 Å². The third-order valence-corrected chi connectivity index (χ3v) is 3.64. The van der Waals surface area contributed by atoms with Crippen LogP contribution in [0.1, 0.15) is 37.1 Å².